The summed E-state index contributed by atoms with van der Waals surface area (Å²) in [6.45, 7) is 1.39. The van der Waals surface area contributed by atoms with Crippen molar-refractivity contribution in [1.82, 2.24) is 0 Å². The average molecular weight is 418 g/mol. The molecule has 0 aliphatic carbocycles. The van der Waals surface area contributed by atoms with Crippen molar-refractivity contribution in [3.05, 3.63) is 52.1 Å². The van der Waals surface area contributed by atoms with Gasteiger partial charge >= 0.3 is 5.97 Å². The Morgan fingerprint density at radius 3 is 2.23 bits per heavy atom. The minimum absolute atomic E-state index is 0.0852. The van der Waals surface area contributed by atoms with Crippen LogP contribution in [0.5, 0.6) is 17.2 Å². The lowest BCUT2D eigenvalue weighted by Gasteiger charge is -2.15. The molecule has 0 saturated heterocycles. The summed E-state index contributed by atoms with van der Waals surface area (Å²) in [5.74, 6) is -0.0669. The lowest BCUT2D eigenvalue weighted by Crippen LogP contribution is -2.30. The fourth-order valence-electron chi connectivity index (χ4n) is 2.59. The van der Waals surface area contributed by atoms with Crippen molar-refractivity contribution in [3.8, 4) is 17.2 Å². The molecule has 10 heteroatoms. The number of anilines is 1. The predicted molar refractivity (Wildman–Crippen MR) is 107 cm³/mol. The Morgan fingerprint density at radius 2 is 1.63 bits per heavy atom. The Hall–Kier alpha value is -3.82. The van der Waals surface area contributed by atoms with Gasteiger partial charge in [-0.15, -0.1) is 0 Å². The number of benzene rings is 2. The standard InChI is InChI=1S/C20H22N2O8/c1-12(20(24)21-15-11-14(22(25)26)6-8-16(15)27-2)30-19(23)10-13-5-7-17(28-3)18(9-13)29-4/h5-9,11-12H,10H2,1-4H3,(H,21,24)/t12-/m1/s1. The Kier molecular flexibility index (Phi) is 7.56. The van der Waals surface area contributed by atoms with E-state index in [9.17, 15) is 19.7 Å². The molecule has 0 heterocycles. The lowest BCUT2D eigenvalue weighted by atomic mass is 10.1. The van der Waals surface area contributed by atoms with Crippen LogP contribution >= 0.6 is 0 Å². The molecule has 1 amide bonds. The number of ether oxygens (including phenoxy) is 4. The number of rotatable bonds is 9. The maximum atomic E-state index is 12.4. The van der Waals surface area contributed by atoms with Gasteiger partial charge in [-0.2, -0.15) is 0 Å². The van der Waals surface area contributed by atoms with E-state index in [1.165, 1.54) is 40.4 Å². The fraction of sp³-hybridized carbons (Fsp3) is 0.300. The zero-order valence-electron chi connectivity index (χ0n) is 17.0. The third-order valence-electron chi connectivity index (χ3n) is 4.13. The average Bonchev–Trinajstić information content (AvgIpc) is 2.73. The summed E-state index contributed by atoms with van der Waals surface area (Å²) in [4.78, 5) is 34.9. The highest BCUT2D eigenvalue weighted by molar-refractivity contribution is 5.96. The lowest BCUT2D eigenvalue weighted by molar-refractivity contribution is -0.384. The maximum Gasteiger partial charge on any atom is 0.311 e. The molecule has 0 spiro atoms. The monoisotopic (exact) mass is 418 g/mol. The van der Waals surface area contributed by atoms with Crippen molar-refractivity contribution in [2.24, 2.45) is 0 Å². The van der Waals surface area contributed by atoms with Crippen LogP contribution in [0, 0.1) is 10.1 Å². The second-order valence-electron chi connectivity index (χ2n) is 6.13. The summed E-state index contributed by atoms with van der Waals surface area (Å²) in [6, 6.07) is 8.75. The van der Waals surface area contributed by atoms with Crippen LogP contribution in [0.25, 0.3) is 0 Å². The molecule has 160 valence electrons. The highest BCUT2D eigenvalue weighted by Crippen LogP contribution is 2.29. The smallest absolute Gasteiger partial charge is 0.311 e. The van der Waals surface area contributed by atoms with E-state index in [2.05, 4.69) is 5.32 Å². The molecule has 0 fully saturated rings. The van der Waals surface area contributed by atoms with Gasteiger partial charge in [-0.1, -0.05) is 6.07 Å². The van der Waals surface area contributed by atoms with Crippen LogP contribution in [0.4, 0.5) is 11.4 Å². The minimum atomic E-state index is -1.14. The first-order chi connectivity index (χ1) is 14.3. The number of amides is 1. The summed E-state index contributed by atoms with van der Waals surface area (Å²) < 4.78 is 20.6. The molecule has 0 saturated carbocycles. The number of nitro benzene ring substituents is 1. The molecule has 0 aromatic heterocycles. The van der Waals surface area contributed by atoms with Gasteiger partial charge in [0.25, 0.3) is 11.6 Å². The zero-order valence-corrected chi connectivity index (χ0v) is 17.0. The normalized spacial score (nSPS) is 11.2. The van der Waals surface area contributed by atoms with Crippen LogP contribution in [-0.4, -0.2) is 44.2 Å². The third kappa shape index (κ3) is 5.60. The van der Waals surface area contributed by atoms with Gasteiger partial charge in [-0.05, 0) is 30.7 Å². The molecule has 0 aliphatic rings. The van der Waals surface area contributed by atoms with Gasteiger partial charge in [0.2, 0.25) is 0 Å². The second kappa shape index (κ2) is 10.1. The SMILES string of the molecule is COc1ccc([N+](=O)[O-])cc1NC(=O)[C@@H](C)OC(=O)Cc1ccc(OC)c(OC)c1. The van der Waals surface area contributed by atoms with Crippen LogP contribution in [0.3, 0.4) is 0 Å². The number of non-ortho nitro benzene ring substituents is 1. The maximum absolute atomic E-state index is 12.4. The number of methoxy groups -OCH3 is 3. The second-order valence-corrected chi connectivity index (χ2v) is 6.13. The van der Waals surface area contributed by atoms with Crippen LogP contribution in [-0.2, 0) is 20.7 Å². The molecule has 1 atom stereocenters. The Balaban J connectivity index is 2.03. The number of hydrogen-bond donors (Lipinski definition) is 1. The Morgan fingerprint density at radius 1 is 1.00 bits per heavy atom. The van der Waals surface area contributed by atoms with Gasteiger partial charge in [0.15, 0.2) is 17.6 Å². The number of carbonyl (C=O) groups excluding carboxylic acids is 2. The molecular formula is C20H22N2O8. The Bertz CT molecular complexity index is 944. The molecule has 0 aliphatic heterocycles. The fourth-order valence-corrected chi connectivity index (χ4v) is 2.59. The summed E-state index contributed by atoms with van der Waals surface area (Å²) >= 11 is 0. The summed E-state index contributed by atoms with van der Waals surface area (Å²) in [6.07, 6.45) is -1.22. The topological polar surface area (TPSA) is 126 Å². The van der Waals surface area contributed by atoms with E-state index >= 15 is 0 Å². The predicted octanol–water partition coefficient (Wildman–Crippen LogP) is 2.73. The molecule has 2 rings (SSSR count). The van der Waals surface area contributed by atoms with E-state index in [0.717, 1.165) is 6.07 Å². The van der Waals surface area contributed by atoms with Crippen LogP contribution in [0.1, 0.15) is 12.5 Å². The molecule has 2 aromatic carbocycles. The van der Waals surface area contributed by atoms with Gasteiger partial charge in [-0.25, -0.2) is 0 Å². The molecule has 2 aromatic rings. The number of hydrogen-bond acceptors (Lipinski definition) is 8. The Labute approximate surface area is 172 Å². The molecule has 0 radical (unpaired) electrons. The van der Waals surface area contributed by atoms with E-state index in [4.69, 9.17) is 18.9 Å². The quantitative estimate of drug-likeness (QED) is 0.374. The van der Waals surface area contributed by atoms with E-state index in [0.29, 0.717) is 17.1 Å². The molecule has 1 N–H and O–H groups in total. The van der Waals surface area contributed by atoms with Crippen molar-refractivity contribution in [2.75, 3.05) is 26.6 Å². The van der Waals surface area contributed by atoms with Gasteiger partial charge in [0.05, 0.1) is 38.4 Å². The zero-order chi connectivity index (χ0) is 22.3. The third-order valence-corrected chi connectivity index (χ3v) is 4.13. The van der Waals surface area contributed by atoms with Gasteiger partial charge in [0, 0.05) is 12.1 Å². The first-order valence-corrected chi connectivity index (χ1v) is 8.82. The van der Waals surface area contributed by atoms with Crippen LogP contribution < -0.4 is 19.5 Å². The minimum Gasteiger partial charge on any atom is -0.495 e. The molecular weight excluding hydrogens is 396 g/mol. The van der Waals surface area contributed by atoms with Crippen LogP contribution in [0.2, 0.25) is 0 Å². The molecule has 0 unspecified atom stereocenters. The van der Waals surface area contributed by atoms with Crippen molar-refractivity contribution < 1.29 is 33.5 Å². The molecule has 0 bridgehead atoms. The van der Waals surface area contributed by atoms with Crippen LogP contribution in [0.15, 0.2) is 36.4 Å². The van der Waals surface area contributed by atoms with E-state index < -0.39 is 22.9 Å². The van der Waals surface area contributed by atoms with Crippen molar-refractivity contribution in [3.63, 3.8) is 0 Å². The molecule has 10 nitrogen and oxygen atoms in total. The van der Waals surface area contributed by atoms with Gasteiger partial charge in [-0.3, -0.25) is 19.7 Å². The first-order valence-electron chi connectivity index (χ1n) is 8.82. The number of nitrogens with zero attached hydrogens (tertiary/aromatic N) is 1. The van der Waals surface area contributed by atoms with E-state index in [-0.39, 0.29) is 23.5 Å². The van der Waals surface area contributed by atoms with Gasteiger partial charge < -0.3 is 24.3 Å². The number of esters is 1. The summed E-state index contributed by atoms with van der Waals surface area (Å²) in [5.41, 5.74) is 0.495. The highest BCUT2D eigenvalue weighted by atomic mass is 16.6. The number of nitrogens with one attached hydrogen (secondary N) is 1. The van der Waals surface area contributed by atoms with Crippen molar-refractivity contribution in [2.45, 2.75) is 19.4 Å². The van der Waals surface area contributed by atoms with Gasteiger partial charge in [0.1, 0.15) is 5.75 Å². The first kappa shape index (κ1) is 22.5. The van der Waals surface area contributed by atoms with Crippen molar-refractivity contribution >= 4 is 23.3 Å². The number of carbonyl (C=O) groups is 2. The highest BCUT2D eigenvalue weighted by Gasteiger charge is 2.21. The number of nitro groups is 1. The van der Waals surface area contributed by atoms with E-state index in [1.807, 2.05) is 0 Å². The van der Waals surface area contributed by atoms with Crippen molar-refractivity contribution in [1.29, 1.82) is 0 Å². The van der Waals surface area contributed by atoms with E-state index in [1.54, 1.807) is 18.2 Å². The largest absolute Gasteiger partial charge is 0.495 e. The summed E-state index contributed by atoms with van der Waals surface area (Å²) in [7, 11) is 4.35. The summed E-state index contributed by atoms with van der Waals surface area (Å²) in [5, 5.41) is 13.4. The molecule has 30 heavy (non-hydrogen) atoms.